The van der Waals surface area contributed by atoms with Gasteiger partial charge in [-0.1, -0.05) is 60.2 Å². The highest BCUT2D eigenvalue weighted by atomic mass is 16.2. The summed E-state index contributed by atoms with van der Waals surface area (Å²) in [5.74, 6) is -1.25. The third kappa shape index (κ3) is 5.39. The highest BCUT2D eigenvalue weighted by Gasteiger charge is 2.26. The molecule has 0 aliphatic carbocycles. The van der Waals surface area contributed by atoms with Crippen molar-refractivity contribution in [1.29, 1.82) is 0 Å². The van der Waals surface area contributed by atoms with E-state index < -0.39 is 11.8 Å². The maximum atomic E-state index is 12.5. The lowest BCUT2D eigenvalue weighted by Crippen LogP contribution is -2.45. The van der Waals surface area contributed by atoms with E-state index in [0.29, 0.717) is 13.1 Å². The van der Waals surface area contributed by atoms with Crippen LogP contribution in [0.15, 0.2) is 73.1 Å². The first-order valence-corrected chi connectivity index (χ1v) is 10.9. The number of carbonyl (C=O) groups is 2. The maximum Gasteiger partial charge on any atom is 0.309 e. The molecule has 32 heavy (non-hydrogen) atoms. The predicted molar refractivity (Wildman–Crippen MR) is 124 cm³/mol. The van der Waals surface area contributed by atoms with Gasteiger partial charge in [-0.05, 0) is 41.7 Å². The Morgan fingerprint density at radius 1 is 0.969 bits per heavy atom. The number of pyridine rings is 1. The standard InChI is InChI=1S/C26H28N4O2/c1-19-8-10-20(11-9-19)15-28-25(31)26(32)29-17-24(22-7-4-13-27-16-22)30-14-12-21-5-2-3-6-23(21)18-30/h2-11,13,16,24H,12,14-15,17-18H2,1H3,(H,28,31)(H,29,32)/t24-/m1/s1. The average molecular weight is 429 g/mol. The van der Waals surface area contributed by atoms with Crippen molar-refractivity contribution >= 4 is 11.8 Å². The van der Waals surface area contributed by atoms with Crippen molar-refractivity contribution in [3.8, 4) is 0 Å². The molecule has 0 radical (unpaired) electrons. The van der Waals surface area contributed by atoms with E-state index in [2.05, 4.69) is 44.8 Å². The summed E-state index contributed by atoms with van der Waals surface area (Å²) < 4.78 is 0. The second kappa shape index (κ2) is 10.2. The molecule has 6 nitrogen and oxygen atoms in total. The van der Waals surface area contributed by atoms with E-state index in [1.807, 2.05) is 49.5 Å². The van der Waals surface area contributed by atoms with Gasteiger partial charge in [-0.3, -0.25) is 19.5 Å². The monoisotopic (exact) mass is 428 g/mol. The third-order valence-corrected chi connectivity index (χ3v) is 5.91. The van der Waals surface area contributed by atoms with Gasteiger partial charge in [-0.25, -0.2) is 0 Å². The van der Waals surface area contributed by atoms with E-state index in [1.165, 1.54) is 11.1 Å². The highest BCUT2D eigenvalue weighted by Crippen LogP contribution is 2.27. The Kier molecular flexibility index (Phi) is 6.92. The van der Waals surface area contributed by atoms with Crippen LogP contribution in [0, 0.1) is 6.92 Å². The van der Waals surface area contributed by atoms with E-state index in [0.717, 1.165) is 36.2 Å². The summed E-state index contributed by atoms with van der Waals surface area (Å²) in [7, 11) is 0. The van der Waals surface area contributed by atoms with Crippen molar-refractivity contribution in [2.45, 2.75) is 32.5 Å². The molecule has 0 spiro atoms. The van der Waals surface area contributed by atoms with Crippen molar-refractivity contribution in [1.82, 2.24) is 20.5 Å². The number of rotatable bonds is 6. The third-order valence-electron chi connectivity index (χ3n) is 5.91. The first kappa shape index (κ1) is 21.7. The highest BCUT2D eigenvalue weighted by molar-refractivity contribution is 6.35. The van der Waals surface area contributed by atoms with Gasteiger partial charge in [0.05, 0.1) is 6.04 Å². The molecule has 164 valence electrons. The van der Waals surface area contributed by atoms with Crippen molar-refractivity contribution in [2.75, 3.05) is 13.1 Å². The summed E-state index contributed by atoms with van der Waals surface area (Å²) >= 11 is 0. The van der Waals surface area contributed by atoms with Crippen LogP contribution in [0.2, 0.25) is 0 Å². The number of hydrogen-bond acceptors (Lipinski definition) is 4. The van der Waals surface area contributed by atoms with E-state index in [9.17, 15) is 9.59 Å². The number of aryl methyl sites for hydroxylation is 1. The number of nitrogens with zero attached hydrogens (tertiary/aromatic N) is 2. The zero-order valence-electron chi connectivity index (χ0n) is 18.3. The van der Waals surface area contributed by atoms with E-state index >= 15 is 0 Å². The summed E-state index contributed by atoms with van der Waals surface area (Å²) in [6.45, 7) is 4.35. The summed E-state index contributed by atoms with van der Waals surface area (Å²) in [6, 6.07) is 20.2. The molecule has 0 saturated heterocycles. The molecule has 1 aliphatic heterocycles. The topological polar surface area (TPSA) is 74.3 Å². The fraction of sp³-hybridized carbons (Fsp3) is 0.269. The molecule has 1 atom stereocenters. The van der Waals surface area contributed by atoms with Gasteiger partial charge in [0.2, 0.25) is 0 Å². The first-order chi connectivity index (χ1) is 15.6. The number of amides is 2. The Morgan fingerprint density at radius 2 is 1.72 bits per heavy atom. The fourth-order valence-electron chi connectivity index (χ4n) is 4.05. The largest absolute Gasteiger partial charge is 0.346 e. The summed E-state index contributed by atoms with van der Waals surface area (Å²) in [5, 5.41) is 5.52. The molecule has 1 aliphatic rings. The molecule has 0 fully saturated rings. The van der Waals surface area contributed by atoms with Gasteiger partial charge < -0.3 is 10.6 Å². The zero-order chi connectivity index (χ0) is 22.3. The lowest BCUT2D eigenvalue weighted by atomic mass is 9.97. The first-order valence-electron chi connectivity index (χ1n) is 10.9. The SMILES string of the molecule is Cc1ccc(CNC(=O)C(=O)NC[C@H](c2cccnc2)N2CCc3ccccc3C2)cc1. The van der Waals surface area contributed by atoms with Gasteiger partial charge in [0.1, 0.15) is 0 Å². The number of benzene rings is 2. The molecule has 2 aromatic carbocycles. The van der Waals surface area contributed by atoms with Gasteiger partial charge >= 0.3 is 11.8 Å². The van der Waals surface area contributed by atoms with Crippen molar-refractivity contribution in [2.24, 2.45) is 0 Å². The quantitative estimate of drug-likeness (QED) is 0.592. The van der Waals surface area contributed by atoms with Gasteiger partial charge in [-0.2, -0.15) is 0 Å². The Bertz CT molecular complexity index is 1070. The molecule has 3 aromatic rings. The van der Waals surface area contributed by atoms with Crippen LogP contribution < -0.4 is 10.6 Å². The molecule has 1 aromatic heterocycles. The zero-order valence-corrected chi connectivity index (χ0v) is 18.3. The van der Waals surface area contributed by atoms with Crippen molar-refractivity contribution in [3.05, 3.63) is 101 Å². The van der Waals surface area contributed by atoms with Crippen LogP contribution in [-0.4, -0.2) is 34.8 Å². The molecule has 0 bridgehead atoms. The van der Waals surface area contributed by atoms with Gasteiger partial charge in [-0.15, -0.1) is 0 Å². The van der Waals surface area contributed by atoms with Gasteiger partial charge in [0, 0.05) is 38.6 Å². The van der Waals surface area contributed by atoms with Crippen molar-refractivity contribution < 1.29 is 9.59 Å². The number of carbonyl (C=O) groups excluding carboxylic acids is 2. The maximum absolute atomic E-state index is 12.5. The van der Waals surface area contributed by atoms with Crippen LogP contribution in [0.4, 0.5) is 0 Å². The predicted octanol–water partition coefficient (Wildman–Crippen LogP) is 2.92. The van der Waals surface area contributed by atoms with Crippen LogP contribution in [0.3, 0.4) is 0 Å². The smallest absolute Gasteiger partial charge is 0.309 e. The van der Waals surface area contributed by atoms with Crippen molar-refractivity contribution in [3.63, 3.8) is 0 Å². The number of fused-ring (bicyclic) bond motifs is 1. The molecule has 0 unspecified atom stereocenters. The normalized spacial score (nSPS) is 14.3. The van der Waals surface area contributed by atoms with Crippen LogP contribution in [0.25, 0.3) is 0 Å². The molecule has 2 N–H and O–H groups in total. The number of nitrogens with one attached hydrogen (secondary N) is 2. The summed E-state index contributed by atoms with van der Waals surface area (Å²) in [6.07, 6.45) is 4.52. The minimum atomic E-state index is -0.625. The molecule has 4 rings (SSSR count). The number of aromatic nitrogens is 1. The van der Waals surface area contributed by atoms with Gasteiger partial charge in [0.25, 0.3) is 0 Å². The molecule has 2 heterocycles. The van der Waals surface area contributed by atoms with Crippen LogP contribution in [0.5, 0.6) is 0 Å². The van der Waals surface area contributed by atoms with E-state index in [-0.39, 0.29) is 6.04 Å². The average Bonchev–Trinajstić information content (AvgIpc) is 2.84. The Labute approximate surface area is 188 Å². The minimum absolute atomic E-state index is 0.0640. The summed E-state index contributed by atoms with van der Waals surface area (Å²) in [5.41, 5.74) is 5.80. The summed E-state index contributed by atoms with van der Waals surface area (Å²) in [4.78, 5) is 31.4. The van der Waals surface area contributed by atoms with Crippen LogP contribution in [0.1, 0.15) is 33.9 Å². The lowest BCUT2D eigenvalue weighted by Gasteiger charge is -2.35. The number of hydrogen-bond donors (Lipinski definition) is 2. The van der Waals surface area contributed by atoms with Crippen LogP contribution >= 0.6 is 0 Å². The fourth-order valence-corrected chi connectivity index (χ4v) is 4.05. The lowest BCUT2D eigenvalue weighted by molar-refractivity contribution is -0.139. The van der Waals surface area contributed by atoms with E-state index in [1.54, 1.807) is 6.20 Å². The Hall–Kier alpha value is -3.51. The van der Waals surface area contributed by atoms with Crippen LogP contribution in [-0.2, 0) is 29.1 Å². The van der Waals surface area contributed by atoms with E-state index in [4.69, 9.17) is 0 Å². The minimum Gasteiger partial charge on any atom is -0.346 e. The molecule has 0 saturated carbocycles. The molecule has 2 amide bonds. The second-order valence-electron chi connectivity index (χ2n) is 8.17. The molecule has 6 heteroatoms. The van der Waals surface area contributed by atoms with Gasteiger partial charge in [0.15, 0.2) is 0 Å². The molecular formula is C26H28N4O2. The molecular weight excluding hydrogens is 400 g/mol. The second-order valence-corrected chi connectivity index (χ2v) is 8.17. The Balaban J connectivity index is 1.39. The Morgan fingerprint density at radius 3 is 2.47 bits per heavy atom.